The van der Waals surface area contributed by atoms with Gasteiger partial charge in [-0.1, -0.05) is 0 Å². The minimum absolute atomic E-state index is 0. The molecule has 5 heteroatoms. The molecule has 35 valence electrons. The van der Waals surface area contributed by atoms with Crippen LogP contribution in [0.4, 0.5) is 4.70 Å². The molecule has 1 unspecified atom stereocenters. The van der Waals surface area contributed by atoms with Gasteiger partial charge < -0.3 is 0 Å². The minimum atomic E-state index is 0. The van der Waals surface area contributed by atoms with Gasteiger partial charge in [-0.2, -0.15) is 23.3 Å². The molecule has 0 amide bonds. The summed E-state index contributed by atoms with van der Waals surface area (Å²) in [7, 11) is 1.67. The molecule has 0 fully saturated rings. The van der Waals surface area contributed by atoms with E-state index < -0.39 is 0 Å². The Hall–Kier alpha value is 1.98. The Morgan fingerprint density at radius 3 is 1.40 bits per heavy atom. The summed E-state index contributed by atoms with van der Waals surface area (Å²) < 4.78 is 5.67. The standard InChI is InChI=1S/FH.H3P.H2S.V.W/h1H;1H3;1H2;;/i;1T;;;. The van der Waals surface area contributed by atoms with Crippen molar-refractivity contribution < 1.29 is 44.3 Å². The zero-order valence-electron chi connectivity index (χ0n) is 3.34. The van der Waals surface area contributed by atoms with Gasteiger partial charge in [-0.15, -0.1) is 0 Å². The Labute approximate surface area is 68.7 Å². The fraction of sp³-hybridized carbons (Fsp3) is 0. The second-order valence-electron chi connectivity index (χ2n) is 0. The first kappa shape index (κ1) is 28.1. The molecular formula is H6FPSVW. The number of rotatable bonds is 0. The van der Waals surface area contributed by atoms with Gasteiger partial charge in [0.05, 0.1) is 1.28 Å². The van der Waals surface area contributed by atoms with Gasteiger partial charge >= 0.3 is 0 Å². The van der Waals surface area contributed by atoms with Crippen molar-refractivity contribution in [1.29, 1.82) is 1.28 Å². The van der Waals surface area contributed by atoms with E-state index in [9.17, 15) is 0 Å². The molecule has 0 aromatic carbocycles. The van der Waals surface area contributed by atoms with Crippen molar-refractivity contribution in [2.24, 2.45) is 0 Å². The summed E-state index contributed by atoms with van der Waals surface area (Å²) in [6, 6.07) is 0. The smallest absolute Gasteiger partial charge is 0.0511 e. The Morgan fingerprint density at radius 2 is 1.40 bits per heavy atom. The van der Waals surface area contributed by atoms with Crippen LogP contribution in [0.2, 0.25) is 0 Å². The van der Waals surface area contributed by atoms with Crippen LogP contribution in [0, 0.1) is 0 Å². The Bertz CT molecular complexity index is 15.5. The average Bonchev–Trinajstić information content (AvgIpc) is 1.00. The van der Waals surface area contributed by atoms with Crippen molar-refractivity contribution in [3.8, 4) is 0 Å². The van der Waals surface area contributed by atoms with Gasteiger partial charge in [-0.05, 0) is 0 Å². The monoisotopic (exact) mass is 325 g/mol. The van der Waals surface area contributed by atoms with Gasteiger partial charge in [0, 0.05) is 39.6 Å². The minimum Gasteiger partial charge on any atom is -0.269 e. The third kappa shape index (κ3) is 24.1. The molecule has 0 aliphatic carbocycles. The number of hydrogen-bond acceptors (Lipinski definition) is 0. The van der Waals surface area contributed by atoms with Crippen molar-refractivity contribution >= 4 is 23.3 Å². The molecule has 1 radical (unpaired) electrons. The predicted molar refractivity (Wildman–Crippen MR) is 24.0 cm³/mol. The zero-order chi connectivity index (χ0) is 2.00. The summed E-state index contributed by atoms with van der Waals surface area (Å²) in [5.41, 5.74) is 0. The first-order chi connectivity index (χ1) is 1.00. The summed E-state index contributed by atoms with van der Waals surface area (Å²) >= 11 is 0. The van der Waals surface area contributed by atoms with E-state index >= 15 is 0 Å². The molecule has 0 aliphatic rings. The summed E-state index contributed by atoms with van der Waals surface area (Å²) in [5.74, 6) is 0. The molecule has 0 saturated carbocycles. The normalized spacial score (nSPS) is 1.40. The predicted octanol–water partition coefficient (Wildman–Crippen LogP) is 0.318. The van der Waals surface area contributed by atoms with Crippen LogP contribution in [0.15, 0.2) is 0 Å². The molecule has 5 heavy (non-hydrogen) atoms. The zero-order valence-corrected chi connectivity index (χ0v) is 8.83. The molecule has 1 atom stereocenters. The Morgan fingerprint density at radius 1 is 1.40 bits per heavy atom. The van der Waals surface area contributed by atoms with Crippen LogP contribution in [0.5, 0.6) is 0 Å². The molecule has 0 aromatic heterocycles. The van der Waals surface area contributed by atoms with Crippen molar-refractivity contribution in [1.82, 2.24) is 0 Å². The van der Waals surface area contributed by atoms with Crippen molar-refractivity contribution in [2.75, 3.05) is 0 Å². The van der Waals surface area contributed by atoms with E-state index in [4.69, 9.17) is 1.28 Å². The van der Waals surface area contributed by atoms with Gasteiger partial charge in [0.1, 0.15) is 0 Å². The third-order valence-corrected chi connectivity index (χ3v) is 0. The first-order valence-corrected chi connectivity index (χ1v) is 0. The van der Waals surface area contributed by atoms with Crippen LogP contribution < -0.4 is 0 Å². The molecule has 0 N–H and O–H groups in total. The maximum Gasteiger partial charge on any atom is 0.0511 e. The van der Waals surface area contributed by atoms with Gasteiger partial charge in [-0.25, -0.2) is 0 Å². The summed E-state index contributed by atoms with van der Waals surface area (Å²) in [5, 5.41) is 0. The van der Waals surface area contributed by atoms with Crippen LogP contribution >= 0.6 is 23.3 Å². The summed E-state index contributed by atoms with van der Waals surface area (Å²) in [6.07, 6.45) is 0. The topological polar surface area (TPSA) is 0 Å². The second-order valence-corrected chi connectivity index (χ2v) is 0. The fourth-order valence-electron chi connectivity index (χ4n) is 0. The fourth-order valence-corrected chi connectivity index (χ4v) is 0. The van der Waals surface area contributed by atoms with E-state index in [0.29, 0.717) is 0 Å². The van der Waals surface area contributed by atoms with E-state index in [-0.39, 0.29) is 57.8 Å². The Kier molecular flexibility index (Phi) is 212. The van der Waals surface area contributed by atoms with E-state index in [2.05, 4.69) is 0 Å². The molecule has 0 aliphatic heterocycles. The van der Waals surface area contributed by atoms with Crippen molar-refractivity contribution in [3.63, 3.8) is 0 Å². The van der Waals surface area contributed by atoms with Gasteiger partial charge in [0.15, 0.2) is 0 Å². The third-order valence-electron chi connectivity index (χ3n) is 0. The van der Waals surface area contributed by atoms with E-state index in [1.807, 2.05) is 0 Å². The van der Waals surface area contributed by atoms with Crippen LogP contribution in [0.1, 0.15) is 0 Å². The van der Waals surface area contributed by atoms with E-state index in [0.717, 1.165) is 0 Å². The number of hydrogen-bond donors (Lipinski definition) is 0. The Balaban J connectivity index is -0.000000000833. The van der Waals surface area contributed by atoms with Crippen molar-refractivity contribution in [3.05, 3.63) is 0 Å². The van der Waals surface area contributed by atoms with Crippen LogP contribution in [-0.2, 0) is 39.6 Å². The maximum atomic E-state index is 5.67. The maximum absolute atomic E-state index is 5.67. The molecule has 0 aromatic rings. The van der Waals surface area contributed by atoms with E-state index in [1.165, 1.54) is 0 Å². The van der Waals surface area contributed by atoms with Crippen molar-refractivity contribution in [2.45, 2.75) is 0 Å². The molecule has 0 bridgehead atoms. The first-order valence-electron chi connectivity index (χ1n) is 0.577. The summed E-state index contributed by atoms with van der Waals surface area (Å²) in [6.45, 7) is 0. The second kappa shape index (κ2) is 37.8. The van der Waals surface area contributed by atoms with Crippen LogP contribution in [0.3, 0.4) is 0 Å². The molecule has 0 heterocycles. The molecular weight excluding hydrogens is 317 g/mol. The molecule has 0 nitrogen and oxygen atoms in total. The van der Waals surface area contributed by atoms with Gasteiger partial charge in [0.2, 0.25) is 0 Å². The quantitative estimate of drug-likeness (QED) is 0.563. The van der Waals surface area contributed by atoms with Crippen LogP contribution in [0.25, 0.3) is 0 Å². The van der Waals surface area contributed by atoms with Crippen LogP contribution in [-0.4, -0.2) is 1.28 Å². The van der Waals surface area contributed by atoms with Gasteiger partial charge in [0.25, 0.3) is 0 Å². The summed E-state index contributed by atoms with van der Waals surface area (Å²) in [4.78, 5) is 0. The largest absolute Gasteiger partial charge is 0.269 e. The number of halogens is 1. The van der Waals surface area contributed by atoms with E-state index in [1.54, 1.807) is 9.84 Å². The molecule has 0 rings (SSSR count). The average molecular weight is 325 g/mol. The van der Waals surface area contributed by atoms with Gasteiger partial charge in [-0.3, -0.25) is 4.70 Å². The molecule has 0 saturated heterocycles. The molecule has 0 spiro atoms. The SMILES string of the molecule is F.S.[3H]P.[V].[W].